The Bertz CT molecular complexity index is 2810. The third-order valence-electron chi connectivity index (χ3n) is 12.5. The molecular formula is C53H40N4S. The molecule has 5 heteroatoms. The second-order valence-electron chi connectivity index (χ2n) is 15.5. The highest BCUT2D eigenvalue weighted by Gasteiger charge is 2.55. The van der Waals surface area contributed by atoms with Crippen LogP contribution in [0.25, 0.3) is 28.3 Å². The Morgan fingerprint density at radius 3 is 2.34 bits per heavy atom. The van der Waals surface area contributed by atoms with Gasteiger partial charge in [0, 0.05) is 39.0 Å². The Morgan fingerprint density at radius 1 is 0.776 bits per heavy atom. The van der Waals surface area contributed by atoms with Crippen molar-refractivity contribution in [2.45, 2.75) is 34.6 Å². The Balaban J connectivity index is 1.07. The van der Waals surface area contributed by atoms with Crippen LogP contribution >= 0.6 is 11.8 Å². The van der Waals surface area contributed by atoms with Crippen molar-refractivity contribution in [3.63, 3.8) is 0 Å². The predicted octanol–water partition coefficient (Wildman–Crippen LogP) is 11.5. The quantitative estimate of drug-likeness (QED) is 0.184. The Hall–Kier alpha value is -6.56. The minimum Gasteiger partial charge on any atom is -0.324 e. The van der Waals surface area contributed by atoms with Gasteiger partial charge < -0.3 is 5.32 Å². The fourth-order valence-electron chi connectivity index (χ4n) is 9.88. The third kappa shape index (κ3) is 5.34. The van der Waals surface area contributed by atoms with Crippen LogP contribution in [0.3, 0.4) is 0 Å². The van der Waals surface area contributed by atoms with E-state index in [-0.39, 0.29) is 16.6 Å². The monoisotopic (exact) mass is 764 g/mol. The van der Waals surface area contributed by atoms with Gasteiger partial charge in [0.2, 0.25) is 0 Å². The van der Waals surface area contributed by atoms with E-state index in [1.54, 1.807) is 0 Å². The summed E-state index contributed by atoms with van der Waals surface area (Å²) in [5, 5.41) is 3.68. The largest absolute Gasteiger partial charge is 0.324 e. The highest BCUT2D eigenvalue weighted by Crippen LogP contribution is 2.64. The molecule has 3 unspecified atom stereocenters. The second-order valence-corrected chi connectivity index (χ2v) is 16.7. The van der Waals surface area contributed by atoms with Gasteiger partial charge in [-0.1, -0.05) is 165 Å². The van der Waals surface area contributed by atoms with E-state index in [4.69, 9.17) is 15.0 Å². The highest BCUT2D eigenvalue weighted by molar-refractivity contribution is 8.00. The lowest BCUT2D eigenvalue weighted by atomic mass is 9.61. The number of benzene rings is 5. The predicted molar refractivity (Wildman–Crippen MR) is 241 cm³/mol. The minimum absolute atomic E-state index is 0.112. The summed E-state index contributed by atoms with van der Waals surface area (Å²) >= 11 is 1.97. The summed E-state index contributed by atoms with van der Waals surface area (Å²) in [4.78, 5) is 16.8. The van der Waals surface area contributed by atoms with Crippen molar-refractivity contribution < 1.29 is 0 Å². The van der Waals surface area contributed by atoms with Crippen LogP contribution < -0.4 is 5.32 Å². The van der Waals surface area contributed by atoms with Gasteiger partial charge in [0.05, 0.1) is 11.1 Å². The third-order valence-corrected chi connectivity index (χ3v) is 13.8. The van der Waals surface area contributed by atoms with E-state index in [9.17, 15) is 0 Å². The van der Waals surface area contributed by atoms with E-state index >= 15 is 0 Å². The van der Waals surface area contributed by atoms with Gasteiger partial charge in [-0.05, 0) is 80.6 Å². The normalized spacial score (nSPS) is 20.4. The van der Waals surface area contributed by atoms with Crippen LogP contribution in [-0.4, -0.2) is 28.1 Å². The van der Waals surface area contributed by atoms with Crippen molar-refractivity contribution >= 4 is 40.7 Å². The van der Waals surface area contributed by atoms with Gasteiger partial charge in [-0.2, -0.15) is 0 Å². The maximum absolute atomic E-state index is 5.31. The molecule has 1 aromatic heterocycles. The molecule has 0 saturated carbocycles. The van der Waals surface area contributed by atoms with Crippen molar-refractivity contribution in [3.8, 4) is 11.1 Å². The lowest BCUT2D eigenvalue weighted by molar-refractivity contribution is 0.447. The number of thioether (sulfide) groups is 1. The number of hydrogen-bond acceptors (Lipinski definition) is 5. The van der Waals surface area contributed by atoms with Crippen molar-refractivity contribution in [1.29, 1.82) is 0 Å². The van der Waals surface area contributed by atoms with Gasteiger partial charge in [-0.15, -0.1) is 11.8 Å². The van der Waals surface area contributed by atoms with Crippen molar-refractivity contribution in [2.24, 2.45) is 15.9 Å². The Kier molecular flexibility index (Phi) is 8.26. The average Bonchev–Trinajstić information content (AvgIpc) is 3.58. The molecule has 3 heterocycles. The van der Waals surface area contributed by atoms with E-state index in [1.807, 2.05) is 54.4 Å². The topological polar surface area (TPSA) is 49.6 Å². The summed E-state index contributed by atoms with van der Waals surface area (Å²) in [6.07, 6.45) is 15.0. The molecule has 0 bridgehead atoms. The van der Waals surface area contributed by atoms with Gasteiger partial charge in [0.1, 0.15) is 11.7 Å². The number of nitrogens with zero attached hydrogens (tertiary/aromatic N) is 3. The number of allylic oxidation sites excluding steroid dienone is 2. The molecule has 6 aromatic rings. The van der Waals surface area contributed by atoms with E-state index in [0.29, 0.717) is 5.84 Å². The van der Waals surface area contributed by atoms with Crippen molar-refractivity contribution in [3.05, 3.63) is 233 Å². The van der Waals surface area contributed by atoms with Crippen LogP contribution in [0.1, 0.15) is 56.6 Å². The maximum atomic E-state index is 5.31. The summed E-state index contributed by atoms with van der Waals surface area (Å²) in [7, 11) is 0. The molecule has 278 valence electrons. The number of nitrogens with one attached hydrogen (secondary N) is 1. The first-order valence-electron chi connectivity index (χ1n) is 20.1. The lowest BCUT2D eigenvalue weighted by Gasteiger charge is -2.48. The summed E-state index contributed by atoms with van der Waals surface area (Å²) in [5.41, 5.74) is 16.1. The van der Waals surface area contributed by atoms with Crippen LogP contribution in [-0.2, 0) is 11.8 Å². The van der Waals surface area contributed by atoms with Gasteiger partial charge in [-0.25, -0.2) is 9.98 Å². The first kappa shape index (κ1) is 34.7. The fraction of sp³-hybridized carbons (Fsp3) is 0.113. The van der Waals surface area contributed by atoms with E-state index in [2.05, 4.69) is 146 Å². The average molecular weight is 765 g/mol. The smallest absolute Gasteiger partial charge is 0.169 e. The van der Waals surface area contributed by atoms with Crippen LogP contribution in [0.4, 0.5) is 0 Å². The summed E-state index contributed by atoms with van der Waals surface area (Å²) in [6.45, 7) is 8.63. The zero-order valence-corrected chi connectivity index (χ0v) is 32.8. The zero-order chi connectivity index (χ0) is 38.8. The molecule has 4 nitrogen and oxygen atoms in total. The van der Waals surface area contributed by atoms with Crippen molar-refractivity contribution in [1.82, 2.24) is 10.3 Å². The number of amidine groups is 2. The zero-order valence-electron chi connectivity index (χ0n) is 32.0. The molecule has 3 atom stereocenters. The lowest BCUT2D eigenvalue weighted by Crippen LogP contribution is -2.44. The fourth-order valence-corrected chi connectivity index (χ4v) is 11.4. The molecule has 58 heavy (non-hydrogen) atoms. The summed E-state index contributed by atoms with van der Waals surface area (Å²) in [5.74, 6) is 1.64. The number of fused-ring (bicyclic) bond motifs is 10. The van der Waals surface area contributed by atoms with E-state index in [1.165, 1.54) is 49.4 Å². The molecule has 11 rings (SSSR count). The molecule has 5 aliphatic rings. The molecule has 5 aromatic carbocycles. The van der Waals surface area contributed by atoms with Crippen LogP contribution in [0, 0.1) is 5.92 Å². The van der Waals surface area contributed by atoms with Crippen LogP contribution in [0.15, 0.2) is 198 Å². The molecule has 0 fully saturated rings. The maximum Gasteiger partial charge on any atom is 0.169 e. The van der Waals surface area contributed by atoms with Crippen molar-refractivity contribution in [2.75, 3.05) is 0 Å². The second kappa shape index (κ2) is 13.8. The number of aryl methyl sites for hydroxylation is 1. The first-order valence-corrected chi connectivity index (χ1v) is 20.9. The van der Waals surface area contributed by atoms with Gasteiger partial charge in [0.25, 0.3) is 0 Å². The molecule has 0 amide bonds. The van der Waals surface area contributed by atoms with Gasteiger partial charge >= 0.3 is 0 Å². The molecule has 3 aliphatic carbocycles. The molecule has 0 radical (unpaired) electrons. The minimum atomic E-state index is -0.460. The number of rotatable bonds is 6. The van der Waals surface area contributed by atoms with E-state index < -0.39 is 6.17 Å². The summed E-state index contributed by atoms with van der Waals surface area (Å²) in [6, 6.07) is 48.1. The number of hydrogen-bond donors (Lipinski definition) is 1. The molecule has 0 saturated heterocycles. The van der Waals surface area contributed by atoms with Crippen LogP contribution in [0.2, 0.25) is 0 Å². The highest BCUT2D eigenvalue weighted by atomic mass is 32.2. The number of pyridine rings is 1. The Morgan fingerprint density at radius 2 is 1.53 bits per heavy atom. The molecular weight excluding hydrogens is 725 g/mol. The molecule has 1 spiro atoms. The van der Waals surface area contributed by atoms with Crippen LogP contribution in [0.5, 0.6) is 0 Å². The molecule has 1 N–H and O–H groups in total. The number of aliphatic imine (C=N–C) groups is 2. The van der Waals surface area contributed by atoms with Gasteiger partial charge in [0.15, 0.2) is 6.17 Å². The first-order chi connectivity index (χ1) is 28.6. The Labute approximate surface area is 343 Å². The standard InChI is InChI=1S/C53H40N4S/c1-3-34-15-7-8-20-39(34)33(2)50-55-51(36-16-5-4-6-17-36)57-52(56-50)38-27-29-46-48(32-38)58-47-31-37(40-23-13-18-35-19-14-30-54-49(35)40)26-28-45(47)53(46)43-24-11-9-21-41(43)42-22-10-12-25-44(42)53/h3-12,14-17,19-32,46,48,52H,1-2,13,18H2,(H,55,56,57). The SMILES string of the molecule is C=Cc1ccccc1C(=C)C1=NC(C2=CC3Sc4cc(C5=CCCc6cccnc65)ccc4C4(c5ccccc5-c5ccccc54)C3C=C2)N=C(c2ccccc2)N1. The number of aromatic nitrogens is 1. The van der Waals surface area contributed by atoms with Gasteiger partial charge in [-0.3, -0.25) is 4.98 Å². The van der Waals surface area contributed by atoms with E-state index in [0.717, 1.165) is 52.2 Å². The summed E-state index contributed by atoms with van der Waals surface area (Å²) < 4.78 is 0. The molecule has 2 aliphatic heterocycles.